The summed E-state index contributed by atoms with van der Waals surface area (Å²) in [7, 11) is 4.05. The summed E-state index contributed by atoms with van der Waals surface area (Å²) in [5.74, 6) is 1.49. The molecule has 0 spiro atoms. The standard InChI is InChI=1S/C23H34N4O2.HI/c1-6-24-23(25-15-18-7-11-20(12-8-18)27(4)5)26-16-22(28)19-9-13-21(14-10-19)29-17(2)3;/h7-14,17,22,28H,6,15-16H2,1-5H3,(H2,24,25,26);1H. The highest BCUT2D eigenvalue weighted by Gasteiger charge is 2.09. The number of anilines is 1. The Morgan fingerprint density at radius 1 is 1.03 bits per heavy atom. The number of hydrogen-bond acceptors (Lipinski definition) is 4. The minimum absolute atomic E-state index is 0. The van der Waals surface area contributed by atoms with Gasteiger partial charge in [-0.15, -0.1) is 24.0 Å². The molecule has 30 heavy (non-hydrogen) atoms. The Labute approximate surface area is 197 Å². The minimum atomic E-state index is -0.633. The molecule has 0 aliphatic heterocycles. The molecule has 7 heteroatoms. The molecule has 166 valence electrons. The number of ether oxygens (including phenoxy) is 1. The summed E-state index contributed by atoms with van der Waals surface area (Å²) in [5.41, 5.74) is 3.13. The van der Waals surface area contributed by atoms with Crippen LogP contribution in [-0.2, 0) is 6.54 Å². The first-order chi connectivity index (χ1) is 13.9. The first-order valence-corrected chi connectivity index (χ1v) is 10.1. The molecule has 2 aromatic carbocycles. The third-order valence-electron chi connectivity index (χ3n) is 4.32. The Morgan fingerprint density at radius 3 is 2.20 bits per heavy atom. The largest absolute Gasteiger partial charge is 0.491 e. The van der Waals surface area contributed by atoms with Gasteiger partial charge in [0.1, 0.15) is 5.75 Å². The quantitative estimate of drug-likeness (QED) is 0.263. The van der Waals surface area contributed by atoms with Gasteiger partial charge in [-0.3, -0.25) is 0 Å². The highest BCUT2D eigenvalue weighted by atomic mass is 127. The molecule has 0 amide bonds. The van der Waals surface area contributed by atoms with Gasteiger partial charge < -0.3 is 25.4 Å². The Hall–Kier alpha value is -2.00. The topological polar surface area (TPSA) is 69.1 Å². The van der Waals surface area contributed by atoms with E-state index in [1.54, 1.807) is 0 Å². The molecule has 0 aliphatic carbocycles. The molecule has 0 bridgehead atoms. The van der Waals surface area contributed by atoms with E-state index in [-0.39, 0.29) is 30.1 Å². The molecule has 6 nitrogen and oxygen atoms in total. The van der Waals surface area contributed by atoms with Crippen LogP contribution in [0.15, 0.2) is 53.5 Å². The molecule has 1 atom stereocenters. The van der Waals surface area contributed by atoms with Crippen molar-refractivity contribution in [3.63, 3.8) is 0 Å². The van der Waals surface area contributed by atoms with Crippen LogP contribution < -0.4 is 20.3 Å². The summed E-state index contributed by atoms with van der Waals surface area (Å²) in [6.45, 7) is 7.70. The Kier molecular flexibility index (Phi) is 11.6. The van der Waals surface area contributed by atoms with E-state index in [1.165, 1.54) is 0 Å². The Morgan fingerprint density at radius 2 is 1.67 bits per heavy atom. The van der Waals surface area contributed by atoms with Crippen molar-refractivity contribution in [2.24, 2.45) is 4.99 Å². The predicted molar refractivity (Wildman–Crippen MR) is 136 cm³/mol. The Balaban J connectivity index is 0.00000450. The van der Waals surface area contributed by atoms with Crippen LogP contribution in [0, 0.1) is 0 Å². The van der Waals surface area contributed by atoms with Crippen molar-refractivity contribution in [1.29, 1.82) is 0 Å². The van der Waals surface area contributed by atoms with Gasteiger partial charge in [0.15, 0.2) is 5.96 Å². The molecule has 0 heterocycles. The zero-order valence-electron chi connectivity index (χ0n) is 18.6. The SMILES string of the molecule is CCNC(=NCc1ccc(N(C)C)cc1)NCC(O)c1ccc(OC(C)C)cc1.I. The van der Waals surface area contributed by atoms with Gasteiger partial charge in [-0.05, 0) is 56.2 Å². The maximum atomic E-state index is 10.5. The van der Waals surface area contributed by atoms with E-state index < -0.39 is 6.10 Å². The normalized spacial score (nSPS) is 12.2. The Bertz CT molecular complexity index is 762. The lowest BCUT2D eigenvalue weighted by Crippen LogP contribution is -2.39. The van der Waals surface area contributed by atoms with Crippen LogP contribution in [-0.4, -0.2) is 44.4 Å². The van der Waals surface area contributed by atoms with Crippen LogP contribution in [0.2, 0.25) is 0 Å². The first-order valence-electron chi connectivity index (χ1n) is 10.1. The van der Waals surface area contributed by atoms with Crippen molar-refractivity contribution in [3.8, 4) is 5.75 Å². The average Bonchev–Trinajstić information content (AvgIpc) is 2.70. The van der Waals surface area contributed by atoms with E-state index >= 15 is 0 Å². The predicted octanol–water partition coefficient (Wildman–Crippen LogP) is 3.95. The van der Waals surface area contributed by atoms with Crippen molar-refractivity contribution in [2.75, 3.05) is 32.1 Å². The number of guanidine groups is 1. The minimum Gasteiger partial charge on any atom is -0.491 e. The maximum Gasteiger partial charge on any atom is 0.191 e. The van der Waals surface area contributed by atoms with E-state index in [2.05, 4.69) is 44.8 Å². The van der Waals surface area contributed by atoms with Gasteiger partial charge in [0.25, 0.3) is 0 Å². The zero-order chi connectivity index (χ0) is 21.2. The summed E-state index contributed by atoms with van der Waals surface area (Å²) < 4.78 is 5.64. The van der Waals surface area contributed by atoms with Crippen LogP contribution >= 0.6 is 24.0 Å². The van der Waals surface area contributed by atoms with E-state index in [0.717, 1.165) is 29.1 Å². The molecule has 1 unspecified atom stereocenters. The van der Waals surface area contributed by atoms with Crippen LogP contribution in [0.1, 0.15) is 38.0 Å². The summed E-state index contributed by atoms with van der Waals surface area (Å²) >= 11 is 0. The van der Waals surface area contributed by atoms with Gasteiger partial charge in [0, 0.05) is 32.9 Å². The number of aliphatic hydroxyl groups is 1. The third-order valence-corrected chi connectivity index (χ3v) is 4.32. The number of aliphatic hydroxyl groups excluding tert-OH is 1. The number of nitrogens with one attached hydrogen (secondary N) is 2. The van der Waals surface area contributed by atoms with Gasteiger partial charge in [-0.25, -0.2) is 4.99 Å². The number of halogens is 1. The monoisotopic (exact) mass is 526 g/mol. The fourth-order valence-electron chi connectivity index (χ4n) is 2.76. The van der Waals surface area contributed by atoms with Crippen LogP contribution in [0.3, 0.4) is 0 Å². The molecular weight excluding hydrogens is 491 g/mol. The molecule has 0 aromatic heterocycles. The summed E-state index contributed by atoms with van der Waals surface area (Å²) in [6, 6.07) is 15.9. The number of nitrogens with zero attached hydrogens (tertiary/aromatic N) is 2. The van der Waals surface area contributed by atoms with Gasteiger partial charge in [0.05, 0.1) is 18.8 Å². The second kappa shape index (κ2) is 13.3. The second-order valence-electron chi connectivity index (χ2n) is 7.39. The lowest BCUT2D eigenvalue weighted by molar-refractivity contribution is 0.180. The smallest absolute Gasteiger partial charge is 0.191 e. The van der Waals surface area contributed by atoms with Crippen LogP contribution in [0.25, 0.3) is 0 Å². The fraction of sp³-hybridized carbons (Fsp3) is 0.435. The van der Waals surface area contributed by atoms with Crippen molar-refractivity contribution < 1.29 is 9.84 Å². The highest BCUT2D eigenvalue weighted by Crippen LogP contribution is 2.18. The van der Waals surface area contributed by atoms with E-state index in [9.17, 15) is 5.11 Å². The molecule has 0 fully saturated rings. The van der Waals surface area contributed by atoms with Gasteiger partial charge in [0.2, 0.25) is 0 Å². The fourth-order valence-corrected chi connectivity index (χ4v) is 2.76. The summed E-state index contributed by atoms with van der Waals surface area (Å²) in [4.78, 5) is 6.69. The molecule has 0 saturated carbocycles. The number of aliphatic imine (C=N–C) groups is 1. The van der Waals surface area contributed by atoms with Crippen LogP contribution in [0.4, 0.5) is 5.69 Å². The molecule has 2 aromatic rings. The highest BCUT2D eigenvalue weighted by molar-refractivity contribution is 14.0. The maximum absolute atomic E-state index is 10.5. The average molecular weight is 526 g/mol. The first kappa shape index (κ1) is 26.0. The van der Waals surface area contributed by atoms with Gasteiger partial charge >= 0.3 is 0 Å². The third kappa shape index (κ3) is 8.79. The van der Waals surface area contributed by atoms with E-state index in [0.29, 0.717) is 19.0 Å². The van der Waals surface area contributed by atoms with Crippen molar-refractivity contribution in [1.82, 2.24) is 10.6 Å². The number of hydrogen-bond donors (Lipinski definition) is 3. The van der Waals surface area contributed by atoms with E-state index in [4.69, 9.17) is 4.74 Å². The van der Waals surface area contributed by atoms with Crippen molar-refractivity contribution in [3.05, 3.63) is 59.7 Å². The molecule has 0 radical (unpaired) electrons. The molecule has 0 aliphatic rings. The molecular formula is C23H35IN4O2. The lowest BCUT2D eigenvalue weighted by Gasteiger charge is -2.16. The summed E-state index contributed by atoms with van der Waals surface area (Å²) in [5, 5.41) is 16.9. The molecule has 3 N–H and O–H groups in total. The van der Waals surface area contributed by atoms with Crippen molar-refractivity contribution in [2.45, 2.75) is 39.5 Å². The summed E-state index contributed by atoms with van der Waals surface area (Å²) in [6.07, 6.45) is -0.503. The number of benzene rings is 2. The zero-order valence-corrected chi connectivity index (χ0v) is 20.9. The lowest BCUT2D eigenvalue weighted by atomic mass is 10.1. The van der Waals surface area contributed by atoms with Crippen LogP contribution in [0.5, 0.6) is 5.75 Å². The number of rotatable bonds is 9. The molecule has 2 rings (SSSR count). The van der Waals surface area contributed by atoms with Gasteiger partial charge in [-0.1, -0.05) is 24.3 Å². The van der Waals surface area contributed by atoms with E-state index in [1.807, 2.05) is 59.1 Å². The second-order valence-corrected chi connectivity index (χ2v) is 7.39. The molecule has 0 saturated heterocycles. The van der Waals surface area contributed by atoms with Crippen molar-refractivity contribution >= 4 is 35.6 Å². The van der Waals surface area contributed by atoms with Gasteiger partial charge in [-0.2, -0.15) is 0 Å².